The van der Waals surface area contributed by atoms with Crippen LogP contribution in [0.2, 0.25) is 10.0 Å². The molecular weight excluding hydrogens is 307 g/mol. The number of Topliss-reactive ketones (excluding diaryl/α,β-unsaturated/α-hetero) is 1. The molecule has 0 heterocycles. The zero-order valence-corrected chi connectivity index (χ0v) is 12.9. The number of allylic oxidation sites excluding steroid dienone is 1. The zero-order chi connectivity index (χ0) is 14.8. The molecule has 0 saturated carbocycles. The van der Waals surface area contributed by atoms with E-state index in [0.717, 1.165) is 6.26 Å². The monoisotopic (exact) mass is 320 g/mol. The first-order chi connectivity index (χ1) is 8.68. The molecule has 0 aromatic heterocycles. The molecular formula is C13H14Cl2O3S. The van der Waals surface area contributed by atoms with Crippen LogP contribution in [0.15, 0.2) is 30.9 Å². The van der Waals surface area contributed by atoms with Gasteiger partial charge in [-0.15, -0.1) is 6.58 Å². The summed E-state index contributed by atoms with van der Waals surface area (Å²) in [4.78, 5) is 11.6. The van der Waals surface area contributed by atoms with E-state index < -0.39 is 26.8 Å². The molecule has 0 radical (unpaired) electrons. The van der Waals surface area contributed by atoms with Crippen molar-refractivity contribution in [2.45, 2.75) is 18.1 Å². The van der Waals surface area contributed by atoms with Gasteiger partial charge in [0.2, 0.25) is 0 Å². The first-order valence-corrected chi connectivity index (χ1v) is 8.16. The van der Waals surface area contributed by atoms with Crippen LogP contribution in [-0.2, 0) is 14.6 Å². The number of hydrogen-bond acceptors (Lipinski definition) is 3. The first-order valence-electron chi connectivity index (χ1n) is 5.45. The number of carbonyl (C=O) groups is 1. The topological polar surface area (TPSA) is 51.2 Å². The van der Waals surface area contributed by atoms with E-state index in [0.29, 0.717) is 15.6 Å². The van der Waals surface area contributed by atoms with E-state index >= 15 is 0 Å². The van der Waals surface area contributed by atoms with Gasteiger partial charge in [-0.3, -0.25) is 4.79 Å². The van der Waals surface area contributed by atoms with Crippen LogP contribution in [0.3, 0.4) is 0 Å². The standard InChI is InChI=1S/C13H14Cl2O3S/c1-4-10(13(8(2)16)19(3,17)18)11-6-5-9(14)7-12(11)15/h4-7,10,13H,1H2,2-3H3. The number of rotatable bonds is 5. The molecule has 1 aromatic rings. The van der Waals surface area contributed by atoms with Crippen molar-refractivity contribution in [2.75, 3.05) is 6.26 Å². The average molecular weight is 321 g/mol. The van der Waals surface area contributed by atoms with Crippen molar-refractivity contribution in [3.8, 4) is 0 Å². The number of benzene rings is 1. The van der Waals surface area contributed by atoms with Gasteiger partial charge in [0.25, 0.3) is 0 Å². The predicted octanol–water partition coefficient (Wildman–Crippen LogP) is 3.27. The van der Waals surface area contributed by atoms with Gasteiger partial charge in [0, 0.05) is 22.2 Å². The Bertz CT molecular complexity index is 608. The summed E-state index contributed by atoms with van der Waals surface area (Å²) in [5, 5.41) is -0.439. The van der Waals surface area contributed by atoms with Gasteiger partial charge in [-0.1, -0.05) is 35.3 Å². The van der Waals surface area contributed by atoms with Gasteiger partial charge in [0.15, 0.2) is 9.84 Å². The molecule has 0 amide bonds. The highest BCUT2D eigenvalue weighted by Gasteiger charge is 2.34. The third-order valence-corrected chi connectivity index (χ3v) is 4.87. The molecule has 0 spiro atoms. The molecule has 0 saturated heterocycles. The molecule has 0 aliphatic carbocycles. The van der Waals surface area contributed by atoms with Crippen molar-refractivity contribution < 1.29 is 13.2 Å². The molecule has 3 nitrogen and oxygen atoms in total. The zero-order valence-electron chi connectivity index (χ0n) is 10.6. The quantitative estimate of drug-likeness (QED) is 0.782. The maximum Gasteiger partial charge on any atom is 0.158 e. The minimum Gasteiger partial charge on any atom is -0.299 e. The van der Waals surface area contributed by atoms with Gasteiger partial charge in [0.05, 0.1) is 0 Å². The molecule has 104 valence electrons. The van der Waals surface area contributed by atoms with E-state index in [1.165, 1.54) is 19.1 Å². The second-order valence-electron chi connectivity index (χ2n) is 4.29. The van der Waals surface area contributed by atoms with Crippen molar-refractivity contribution >= 4 is 38.8 Å². The molecule has 0 aliphatic heterocycles. The summed E-state index contributed by atoms with van der Waals surface area (Å²) in [5.74, 6) is -1.14. The molecule has 2 unspecified atom stereocenters. The molecule has 0 N–H and O–H groups in total. The Morgan fingerprint density at radius 2 is 1.95 bits per heavy atom. The lowest BCUT2D eigenvalue weighted by molar-refractivity contribution is -0.116. The van der Waals surface area contributed by atoms with Crippen LogP contribution in [0.25, 0.3) is 0 Å². The average Bonchev–Trinajstić information content (AvgIpc) is 2.24. The summed E-state index contributed by atoms with van der Waals surface area (Å²) in [6.07, 6.45) is 2.45. The van der Waals surface area contributed by atoms with E-state index in [1.54, 1.807) is 12.1 Å². The van der Waals surface area contributed by atoms with Gasteiger partial charge in [-0.05, 0) is 24.6 Å². The number of halogens is 2. The van der Waals surface area contributed by atoms with Gasteiger partial charge in [-0.2, -0.15) is 0 Å². The van der Waals surface area contributed by atoms with E-state index in [1.807, 2.05) is 0 Å². The number of carbonyl (C=O) groups excluding carboxylic acids is 1. The van der Waals surface area contributed by atoms with Gasteiger partial charge < -0.3 is 0 Å². The summed E-state index contributed by atoms with van der Waals surface area (Å²) in [7, 11) is -3.56. The Labute approximate surface area is 123 Å². The maximum atomic E-state index is 11.8. The van der Waals surface area contributed by atoms with Crippen molar-refractivity contribution in [2.24, 2.45) is 0 Å². The Morgan fingerprint density at radius 1 is 1.37 bits per heavy atom. The predicted molar refractivity (Wildman–Crippen MR) is 78.7 cm³/mol. The van der Waals surface area contributed by atoms with Crippen molar-refractivity contribution in [1.29, 1.82) is 0 Å². The highest BCUT2D eigenvalue weighted by molar-refractivity contribution is 7.92. The Hall–Kier alpha value is -0.840. The van der Waals surface area contributed by atoms with Crippen LogP contribution in [0, 0.1) is 0 Å². The Balaban J connectivity index is 3.40. The third kappa shape index (κ3) is 3.81. The second kappa shape index (κ2) is 6.07. The summed E-state index contributed by atoms with van der Waals surface area (Å²) in [6, 6.07) is 4.71. The van der Waals surface area contributed by atoms with E-state index in [9.17, 15) is 13.2 Å². The molecule has 6 heteroatoms. The smallest absolute Gasteiger partial charge is 0.158 e. The van der Waals surface area contributed by atoms with Gasteiger partial charge in [0.1, 0.15) is 11.0 Å². The highest BCUT2D eigenvalue weighted by Crippen LogP contribution is 2.33. The molecule has 0 aliphatic rings. The molecule has 0 bridgehead atoms. The van der Waals surface area contributed by atoms with Crippen LogP contribution < -0.4 is 0 Å². The molecule has 1 aromatic carbocycles. The summed E-state index contributed by atoms with van der Waals surface area (Å²) >= 11 is 11.9. The van der Waals surface area contributed by atoms with Crippen molar-refractivity contribution in [3.05, 3.63) is 46.5 Å². The first kappa shape index (κ1) is 16.2. The lowest BCUT2D eigenvalue weighted by Gasteiger charge is -2.22. The van der Waals surface area contributed by atoms with Gasteiger partial charge in [-0.25, -0.2) is 8.42 Å². The third-order valence-electron chi connectivity index (χ3n) is 2.76. The van der Waals surface area contributed by atoms with Crippen LogP contribution >= 0.6 is 23.2 Å². The van der Waals surface area contributed by atoms with Crippen molar-refractivity contribution in [1.82, 2.24) is 0 Å². The normalized spacial score (nSPS) is 14.7. The molecule has 1 rings (SSSR count). The van der Waals surface area contributed by atoms with Crippen LogP contribution in [0.1, 0.15) is 18.4 Å². The lowest BCUT2D eigenvalue weighted by Crippen LogP contribution is -2.33. The highest BCUT2D eigenvalue weighted by atomic mass is 35.5. The number of hydrogen-bond donors (Lipinski definition) is 0. The fourth-order valence-electron chi connectivity index (χ4n) is 2.01. The van der Waals surface area contributed by atoms with Gasteiger partial charge >= 0.3 is 0 Å². The summed E-state index contributed by atoms with van der Waals surface area (Å²) in [5.41, 5.74) is 0.520. The minimum atomic E-state index is -3.56. The fraction of sp³-hybridized carbons (Fsp3) is 0.308. The Morgan fingerprint density at radius 3 is 2.32 bits per heavy atom. The SMILES string of the molecule is C=CC(c1ccc(Cl)cc1Cl)C(C(C)=O)S(C)(=O)=O. The minimum absolute atomic E-state index is 0.312. The molecule has 0 fully saturated rings. The Kier molecular flexibility index (Phi) is 5.18. The number of sulfone groups is 1. The summed E-state index contributed by atoms with van der Waals surface area (Å²) in [6.45, 7) is 4.85. The van der Waals surface area contributed by atoms with E-state index in [-0.39, 0.29) is 0 Å². The molecule has 2 atom stereocenters. The number of ketones is 1. The maximum absolute atomic E-state index is 11.8. The van der Waals surface area contributed by atoms with Crippen molar-refractivity contribution in [3.63, 3.8) is 0 Å². The second-order valence-corrected chi connectivity index (χ2v) is 7.30. The van der Waals surface area contributed by atoms with E-state index in [4.69, 9.17) is 23.2 Å². The lowest BCUT2D eigenvalue weighted by atomic mass is 9.93. The van der Waals surface area contributed by atoms with Crippen LogP contribution in [0.5, 0.6) is 0 Å². The van der Waals surface area contributed by atoms with Crippen LogP contribution in [-0.4, -0.2) is 25.7 Å². The van der Waals surface area contributed by atoms with Crippen LogP contribution in [0.4, 0.5) is 0 Å². The molecule has 19 heavy (non-hydrogen) atoms. The largest absolute Gasteiger partial charge is 0.299 e. The fourth-order valence-corrected chi connectivity index (χ4v) is 3.93. The summed E-state index contributed by atoms with van der Waals surface area (Å²) < 4.78 is 23.6. The van der Waals surface area contributed by atoms with E-state index in [2.05, 4.69) is 6.58 Å².